The highest BCUT2D eigenvalue weighted by Crippen LogP contribution is 2.34. The van der Waals surface area contributed by atoms with Crippen LogP contribution in [0.3, 0.4) is 0 Å². The van der Waals surface area contributed by atoms with E-state index in [1.807, 2.05) is 11.5 Å². The van der Waals surface area contributed by atoms with Crippen molar-refractivity contribution in [3.63, 3.8) is 0 Å². The monoisotopic (exact) mass is 479 g/mol. The molecule has 0 aliphatic heterocycles. The Hall–Kier alpha value is -2.20. The van der Waals surface area contributed by atoms with Crippen LogP contribution in [0.15, 0.2) is 12.7 Å². The van der Waals surface area contributed by atoms with Gasteiger partial charge in [0.1, 0.15) is 29.8 Å². The second-order valence-corrected chi connectivity index (χ2v) is 11.1. The van der Waals surface area contributed by atoms with Gasteiger partial charge in [-0.05, 0) is 53.9 Å². The average molecular weight is 480 g/mol. The summed E-state index contributed by atoms with van der Waals surface area (Å²) in [6.07, 6.45) is 6.89. The molecule has 0 spiro atoms. The molecule has 0 radical (unpaired) electrons. The van der Waals surface area contributed by atoms with Crippen LogP contribution in [0, 0.1) is 0 Å². The third kappa shape index (κ3) is 6.66. The molecule has 2 heterocycles. The van der Waals surface area contributed by atoms with Gasteiger partial charge in [0.25, 0.3) is 0 Å². The number of hydrogen-bond acceptors (Lipinski definition) is 10. The molecular weight excluding hydrogens is 445 g/mol. The van der Waals surface area contributed by atoms with Crippen molar-refractivity contribution in [2.75, 3.05) is 12.1 Å². The van der Waals surface area contributed by atoms with Crippen molar-refractivity contribution in [3.05, 3.63) is 12.7 Å². The molecule has 2 aromatic rings. The van der Waals surface area contributed by atoms with Gasteiger partial charge in [0.2, 0.25) is 0 Å². The van der Waals surface area contributed by atoms with Crippen molar-refractivity contribution in [3.8, 4) is 0 Å². The standard InChI is InChI=1S/C21H34N7O4P/c1-14(9-28-12-25-16-17(22)23-11-24-18(16)28)31-13-33(26-20(2,3)10-29)27-21(4,5)19(30)32-15-7-6-8-15/h10-12,14-15,26-27H,6-9,13H2,1-5H3,(H2,22,23,24). The summed E-state index contributed by atoms with van der Waals surface area (Å²) in [5, 5.41) is 6.61. The minimum atomic E-state index is -1.25. The van der Waals surface area contributed by atoms with Crippen molar-refractivity contribution in [2.45, 2.75) is 83.7 Å². The van der Waals surface area contributed by atoms with Gasteiger partial charge in [-0.2, -0.15) is 0 Å². The van der Waals surface area contributed by atoms with E-state index in [4.69, 9.17) is 15.2 Å². The third-order valence-corrected chi connectivity index (χ3v) is 7.42. The molecule has 0 aromatic carbocycles. The number of aldehydes is 1. The lowest BCUT2D eigenvalue weighted by Crippen LogP contribution is -2.51. The van der Waals surface area contributed by atoms with Crippen LogP contribution in [0.2, 0.25) is 0 Å². The van der Waals surface area contributed by atoms with Gasteiger partial charge in [0.15, 0.2) is 11.5 Å². The van der Waals surface area contributed by atoms with E-state index in [1.165, 1.54) is 6.33 Å². The van der Waals surface area contributed by atoms with Gasteiger partial charge >= 0.3 is 5.97 Å². The van der Waals surface area contributed by atoms with E-state index in [9.17, 15) is 9.59 Å². The first-order valence-corrected chi connectivity index (χ1v) is 12.6. The molecule has 0 bridgehead atoms. The molecule has 2 aromatic heterocycles. The average Bonchev–Trinajstić information content (AvgIpc) is 3.12. The van der Waals surface area contributed by atoms with E-state index in [2.05, 4.69) is 25.1 Å². The Bertz CT molecular complexity index is 977. The Morgan fingerprint density at radius 1 is 1.30 bits per heavy atom. The Kier molecular flexibility index (Phi) is 8.00. The second kappa shape index (κ2) is 10.4. The lowest BCUT2D eigenvalue weighted by atomic mass is 9.96. The second-order valence-electron chi connectivity index (χ2n) is 9.51. The summed E-state index contributed by atoms with van der Waals surface area (Å²) in [5.74, 6) is 0.0250. The van der Waals surface area contributed by atoms with Gasteiger partial charge in [-0.25, -0.2) is 15.0 Å². The number of ether oxygens (including phenoxy) is 2. The highest BCUT2D eigenvalue weighted by Gasteiger charge is 2.36. The van der Waals surface area contributed by atoms with E-state index in [1.54, 1.807) is 34.0 Å². The number of carbonyl (C=O) groups is 2. The highest BCUT2D eigenvalue weighted by atomic mass is 31.1. The van der Waals surface area contributed by atoms with Gasteiger partial charge < -0.3 is 24.6 Å². The molecule has 1 aliphatic carbocycles. The Morgan fingerprint density at radius 3 is 2.67 bits per heavy atom. The number of nitrogen functional groups attached to an aromatic ring is 1. The number of rotatable bonds is 12. The van der Waals surface area contributed by atoms with Crippen LogP contribution >= 0.6 is 8.22 Å². The minimum Gasteiger partial charge on any atom is -0.461 e. The number of imidazole rings is 1. The first-order valence-electron chi connectivity index (χ1n) is 11.0. The quantitative estimate of drug-likeness (QED) is 0.235. The fraction of sp³-hybridized carbons (Fsp3) is 0.667. The SMILES string of the molecule is CC(Cn1cnc2c(N)ncnc21)OCP(NC(C)(C)C=O)NC(C)(C)C(=O)OC1CCC1. The van der Waals surface area contributed by atoms with Gasteiger partial charge in [-0.1, -0.05) is 0 Å². The van der Waals surface area contributed by atoms with Crippen LogP contribution in [-0.4, -0.2) is 61.4 Å². The van der Waals surface area contributed by atoms with Gasteiger partial charge in [0, 0.05) is 0 Å². The number of anilines is 1. The maximum atomic E-state index is 12.7. The van der Waals surface area contributed by atoms with Gasteiger partial charge in [-0.3, -0.25) is 15.0 Å². The van der Waals surface area contributed by atoms with Crippen LogP contribution in [0.1, 0.15) is 53.9 Å². The van der Waals surface area contributed by atoms with Crippen molar-refractivity contribution in [1.29, 1.82) is 0 Å². The zero-order valence-corrected chi connectivity index (χ0v) is 20.8. The number of esters is 1. The summed E-state index contributed by atoms with van der Waals surface area (Å²) < 4.78 is 13.5. The molecule has 2 unspecified atom stereocenters. The lowest BCUT2D eigenvalue weighted by Gasteiger charge is -2.36. The number of hydrogen-bond donors (Lipinski definition) is 3. The fourth-order valence-electron chi connectivity index (χ4n) is 3.20. The number of nitrogens with one attached hydrogen (secondary N) is 2. The number of nitrogens with two attached hydrogens (primary N) is 1. The smallest absolute Gasteiger partial charge is 0.326 e. The molecule has 1 aliphatic rings. The summed E-state index contributed by atoms with van der Waals surface area (Å²) >= 11 is 0. The van der Waals surface area contributed by atoms with Crippen LogP contribution in [0.25, 0.3) is 11.2 Å². The molecular formula is C21H34N7O4P. The minimum absolute atomic E-state index is 0.00306. The molecule has 11 nitrogen and oxygen atoms in total. The van der Waals surface area contributed by atoms with Crippen LogP contribution < -0.4 is 15.9 Å². The maximum absolute atomic E-state index is 12.7. The summed E-state index contributed by atoms with van der Waals surface area (Å²) in [6, 6.07) is 0. The summed E-state index contributed by atoms with van der Waals surface area (Å²) in [7, 11) is -1.25. The predicted octanol–water partition coefficient (Wildman–Crippen LogP) is 2.11. The first kappa shape index (κ1) is 25.4. The maximum Gasteiger partial charge on any atom is 0.326 e. The fourth-order valence-corrected chi connectivity index (χ4v) is 5.30. The van der Waals surface area contributed by atoms with E-state index in [-0.39, 0.29) is 24.5 Å². The lowest BCUT2D eigenvalue weighted by molar-refractivity contribution is -0.158. The normalized spacial score (nSPS) is 16.9. The topological polar surface area (TPSA) is 146 Å². The number of aromatic nitrogens is 4. The van der Waals surface area contributed by atoms with Crippen molar-refractivity contribution < 1.29 is 19.1 Å². The van der Waals surface area contributed by atoms with Gasteiger partial charge in [0.05, 0.1) is 39.1 Å². The Morgan fingerprint density at radius 2 is 2.03 bits per heavy atom. The van der Waals surface area contributed by atoms with Crippen LogP contribution in [0.5, 0.6) is 0 Å². The van der Waals surface area contributed by atoms with Crippen LogP contribution in [-0.2, 0) is 25.6 Å². The number of fused-ring (bicyclic) bond motifs is 1. The molecule has 1 saturated carbocycles. The van der Waals surface area contributed by atoms with E-state index < -0.39 is 19.3 Å². The Balaban J connectivity index is 1.63. The first-order chi connectivity index (χ1) is 15.5. The van der Waals surface area contributed by atoms with Gasteiger partial charge in [-0.15, -0.1) is 0 Å². The van der Waals surface area contributed by atoms with Crippen molar-refractivity contribution in [2.24, 2.45) is 0 Å². The molecule has 3 rings (SSSR count). The predicted molar refractivity (Wildman–Crippen MR) is 126 cm³/mol. The highest BCUT2D eigenvalue weighted by molar-refractivity contribution is 7.53. The summed E-state index contributed by atoms with van der Waals surface area (Å²) in [5.41, 5.74) is 5.33. The molecule has 4 N–H and O–H groups in total. The van der Waals surface area contributed by atoms with Crippen molar-refractivity contribution >= 4 is 37.5 Å². The van der Waals surface area contributed by atoms with E-state index in [0.717, 1.165) is 25.5 Å². The summed E-state index contributed by atoms with van der Waals surface area (Å²) in [6.45, 7) is 9.56. The van der Waals surface area contributed by atoms with E-state index in [0.29, 0.717) is 23.5 Å². The summed E-state index contributed by atoms with van der Waals surface area (Å²) in [4.78, 5) is 36.7. The third-order valence-electron chi connectivity index (χ3n) is 5.34. The molecule has 33 heavy (non-hydrogen) atoms. The largest absolute Gasteiger partial charge is 0.461 e. The van der Waals surface area contributed by atoms with Crippen LogP contribution in [0.4, 0.5) is 5.82 Å². The zero-order chi connectivity index (χ0) is 24.2. The molecule has 1 fully saturated rings. The molecule has 2 atom stereocenters. The Labute approximate surface area is 195 Å². The molecule has 0 amide bonds. The van der Waals surface area contributed by atoms with Crippen molar-refractivity contribution in [1.82, 2.24) is 29.7 Å². The number of nitrogens with zero attached hydrogens (tertiary/aromatic N) is 4. The molecule has 12 heteroatoms. The molecule has 0 saturated heterocycles. The molecule has 182 valence electrons. The number of carbonyl (C=O) groups excluding carboxylic acids is 2. The van der Waals surface area contributed by atoms with E-state index >= 15 is 0 Å². The zero-order valence-electron chi connectivity index (χ0n) is 19.9.